The molecule has 0 saturated carbocycles. The van der Waals surface area contributed by atoms with Crippen LogP contribution in [0, 0.1) is 12.8 Å². The summed E-state index contributed by atoms with van der Waals surface area (Å²) in [6.07, 6.45) is 3.53. The molecule has 1 saturated heterocycles. The van der Waals surface area contributed by atoms with E-state index in [0.717, 1.165) is 48.5 Å². The second-order valence-electron chi connectivity index (χ2n) is 11.9. The maximum Gasteiger partial charge on any atom is 0.336 e. The summed E-state index contributed by atoms with van der Waals surface area (Å²) in [5, 5.41) is 1.41. The molecule has 0 unspecified atom stereocenters. The summed E-state index contributed by atoms with van der Waals surface area (Å²) in [6, 6.07) is 32.8. The van der Waals surface area contributed by atoms with Crippen LogP contribution < -0.4 is 10.4 Å². The number of ether oxygens (including phenoxy) is 1. The van der Waals surface area contributed by atoms with E-state index >= 15 is 0 Å². The molecule has 3 heterocycles. The van der Waals surface area contributed by atoms with Crippen molar-refractivity contribution in [3.8, 4) is 16.9 Å². The van der Waals surface area contributed by atoms with E-state index in [1.165, 1.54) is 24.5 Å². The van der Waals surface area contributed by atoms with Crippen molar-refractivity contribution >= 4 is 27.7 Å². The number of fused-ring (bicyclic) bond motifs is 3. The molecule has 2 aromatic heterocycles. The molecular weight excluding hydrogens is 562 g/mol. The first kappa shape index (κ1) is 28.8. The lowest BCUT2D eigenvalue weighted by atomic mass is 9.90. The predicted molar refractivity (Wildman–Crippen MR) is 177 cm³/mol. The lowest BCUT2D eigenvalue weighted by molar-refractivity contribution is 0.101. The third-order valence-electron chi connectivity index (χ3n) is 8.89. The second-order valence-corrected chi connectivity index (χ2v) is 11.9. The molecule has 45 heavy (non-hydrogen) atoms. The van der Waals surface area contributed by atoms with Gasteiger partial charge in [0.1, 0.15) is 23.5 Å². The average Bonchev–Trinajstić information content (AvgIpc) is 3.47. The van der Waals surface area contributed by atoms with Crippen molar-refractivity contribution in [2.75, 3.05) is 26.2 Å². The number of carbonyl (C=O) groups is 1. The van der Waals surface area contributed by atoms with Crippen molar-refractivity contribution in [1.82, 2.24) is 4.90 Å². The van der Waals surface area contributed by atoms with Gasteiger partial charge in [-0.3, -0.25) is 9.69 Å². The quantitative estimate of drug-likeness (QED) is 0.124. The smallest absolute Gasteiger partial charge is 0.336 e. The summed E-state index contributed by atoms with van der Waals surface area (Å²) in [6.45, 7) is 5.41. The number of likely N-dealkylation sites (tertiary alicyclic amines) is 1. The molecule has 0 spiro atoms. The van der Waals surface area contributed by atoms with Gasteiger partial charge in [-0.2, -0.15) is 0 Å². The SMILES string of the molecule is Cc1cc(=O)oc2c1ccc1oc(C(=O)c3cccc(OCCN4CCC(Cc5ccccc5)CC4)c3)c(-c3ccccc3)c12. The number of hydrogen-bond acceptors (Lipinski definition) is 6. The van der Waals surface area contributed by atoms with Gasteiger partial charge in [-0.05, 0) is 86.1 Å². The predicted octanol–water partition coefficient (Wildman–Crippen LogP) is 8.08. The molecule has 6 heteroatoms. The number of nitrogens with zero attached hydrogens (tertiary/aromatic N) is 1. The topological polar surface area (TPSA) is 72.9 Å². The summed E-state index contributed by atoms with van der Waals surface area (Å²) < 4.78 is 18.1. The largest absolute Gasteiger partial charge is 0.492 e. The fourth-order valence-corrected chi connectivity index (χ4v) is 6.51. The Kier molecular flexibility index (Phi) is 8.05. The molecule has 6 nitrogen and oxygen atoms in total. The van der Waals surface area contributed by atoms with E-state index in [0.29, 0.717) is 40.0 Å². The highest BCUT2D eigenvalue weighted by atomic mass is 16.5. The monoisotopic (exact) mass is 597 g/mol. The first-order valence-corrected chi connectivity index (χ1v) is 15.6. The molecule has 7 rings (SSSR count). The average molecular weight is 598 g/mol. The van der Waals surface area contributed by atoms with E-state index in [1.54, 1.807) is 12.1 Å². The van der Waals surface area contributed by atoms with Crippen molar-refractivity contribution < 1.29 is 18.4 Å². The van der Waals surface area contributed by atoms with Gasteiger partial charge in [0.25, 0.3) is 0 Å². The Morgan fingerprint density at radius 2 is 1.62 bits per heavy atom. The molecule has 0 radical (unpaired) electrons. The van der Waals surface area contributed by atoms with Crippen molar-refractivity contribution in [1.29, 1.82) is 0 Å². The minimum atomic E-state index is -0.443. The van der Waals surface area contributed by atoms with E-state index in [2.05, 4.69) is 35.2 Å². The molecule has 0 atom stereocenters. The van der Waals surface area contributed by atoms with E-state index in [4.69, 9.17) is 13.6 Å². The number of furan rings is 1. The lowest BCUT2D eigenvalue weighted by Crippen LogP contribution is -2.37. The zero-order valence-corrected chi connectivity index (χ0v) is 25.3. The standard InChI is InChI=1S/C39H35NO5/c1-26-23-34(41)45-38-32(26)15-16-33-36(38)35(29-11-6-3-7-12-29)39(44-33)37(42)30-13-8-14-31(25-30)43-22-21-40-19-17-28(18-20-40)24-27-9-4-2-5-10-27/h2-16,23,25,28H,17-22,24H2,1H3. The third-order valence-corrected chi connectivity index (χ3v) is 8.89. The van der Waals surface area contributed by atoms with Gasteiger partial charge in [-0.15, -0.1) is 0 Å². The summed E-state index contributed by atoms with van der Waals surface area (Å²) in [5.74, 6) is 1.30. The van der Waals surface area contributed by atoms with Crippen LogP contribution in [0.15, 0.2) is 117 Å². The van der Waals surface area contributed by atoms with Crippen LogP contribution in [-0.2, 0) is 6.42 Å². The summed E-state index contributed by atoms with van der Waals surface area (Å²) >= 11 is 0. The normalized spacial score (nSPS) is 14.2. The summed E-state index contributed by atoms with van der Waals surface area (Å²) in [5.41, 5.74) is 4.56. The van der Waals surface area contributed by atoms with Gasteiger partial charge in [0.15, 0.2) is 5.76 Å². The molecule has 4 aromatic carbocycles. The molecule has 226 valence electrons. The number of piperidine rings is 1. The van der Waals surface area contributed by atoms with Gasteiger partial charge >= 0.3 is 5.63 Å². The van der Waals surface area contributed by atoms with Crippen LogP contribution in [0.5, 0.6) is 5.75 Å². The Hall–Kier alpha value is -4.94. The third kappa shape index (κ3) is 6.06. The van der Waals surface area contributed by atoms with Crippen LogP contribution in [-0.4, -0.2) is 36.9 Å². The van der Waals surface area contributed by atoms with E-state index in [9.17, 15) is 9.59 Å². The van der Waals surface area contributed by atoms with Gasteiger partial charge in [0.05, 0.1) is 5.39 Å². The highest BCUT2D eigenvalue weighted by Crippen LogP contribution is 2.40. The zero-order chi connectivity index (χ0) is 30.8. The zero-order valence-electron chi connectivity index (χ0n) is 25.3. The van der Waals surface area contributed by atoms with Crippen molar-refractivity contribution in [2.45, 2.75) is 26.2 Å². The van der Waals surface area contributed by atoms with E-state index in [-0.39, 0.29) is 11.5 Å². The molecule has 0 bridgehead atoms. The van der Waals surface area contributed by atoms with Crippen molar-refractivity contribution in [3.63, 3.8) is 0 Å². The van der Waals surface area contributed by atoms with Crippen LogP contribution in [0.25, 0.3) is 33.1 Å². The van der Waals surface area contributed by atoms with Gasteiger partial charge in [-0.1, -0.05) is 72.8 Å². The maximum absolute atomic E-state index is 14.1. The maximum atomic E-state index is 14.1. The van der Waals surface area contributed by atoms with Crippen LogP contribution >= 0.6 is 0 Å². The Morgan fingerprint density at radius 1 is 0.867 bits per heavy atom. The Balaban J connectivity index is 1.09. The molecule has 0 N–H and O–H groups in total. The van der Waals surface area contributed by atoms with Crippen LogP contribution in [0.2, 0.25) is 0 Å². The second kappa shape index (κ2) is 12.6. The molecule has 1 fully saturated rings. The summed E-state index contributed by atoms with van der Waals surface area (Å²) in [7, 11) is 0. The van der Waals surface area contributed by atoms with Gasteiger partial charge in [-0.25, -0.2) is 4.79 Å². The number of aryl methyl sites for hydroxylation is 1. The fraction of sp³-hybridized carbons (Fsp3) is 0.231. The Morgan fingerprint density at radius 3 is 2.40 bits per heavy atom. The van der Waals surface area contributed by atoms with Gasteiger partial charge in [0, 0.05) is 29.1 Å². The molecule has 1 aliphatic heterocycles. The summed E-state index contributed by atoms with van der Waals surface area (Å²) in [4.78, 5) is 28.9. The number of ketones is 1. The van der Waals surface area contributed by atoms with Gasteiger partial charge in [0.2, 0.25) is 5.78 Å². The fourth-order valence-electron chi connectivity index (χ4n) is 6.51. The molecular formula is C39H35NO5. The lowest BCUT2D eigenvalue weighted by Gasteiger charge is -2.31. The minimum absolute atomic E-state index is 0.198. The number of benzene rings is 4. The molecule has 1 aliphatic rings. The Bertz CT molecular complexity index is 2020. The Labute approximate surface area is 261 Å². The number of hydrogen-bond donors (Lipinski definition) is 0. The van der Waals surface area contributed by atoms with Crippen LogP contribution in [0.4, 0.5) is 0 Å². The highest BCUT2D eigenvalue weighted by molar-refractivity contribution is 6.20. The van der Waals surface area contributed by atoms with Crippen LogP contribution in [0.3, 0.4) is 0 Å². The van der Waals surface area contributed by atoms with Crippen LogP contribution in [0.1, 0.15) is 40.1 Å². The number of carbonyl (C=O) groups excluding carboxylic acids is 1. The van der Waals surface area contributed by atoms with E-state index < -0.39 is 5.63 Å². The molecule has 0 aliphatic carbocycles. The number of rotatable bonds is 9. The van der Waals surface area contributed by atoms with Crippen molar-refractivity contribution in [3.05, 3.63) is 136 Å². The molecule has 0 amide bonds. The minimum Gasteiger partial charge on any atom is -0.492 e. The highest BCUT2D eigenvalue weighted by Gasteiger charge is 2.26. The first-order chi connectivity index (χ1) is 22.0. The van der Waals surface area contributed by atoms with Gasteiger partial charge < -0.3 is 13.6 Å². The first-order valence-electron chi connectivity index (χ1n) is 15.6. The molecule has 6 aromatic rings. The van der Waals surface area contributed by atoms with E-state index in [1.807, 2.05) is 61.5 Å². The van der Waals surface area contributed by atoms with Crippen molar-refractivity contribution in [2.24, 2.45) is 5.92 Å².